The van der Waals surface area contributed by atoms with Crippen molar-refractivity contribution in [3.05, 3.63) is 47.5 Å². The molecule has 0 saturated heterocycles. The van der Waals surface area contributed by atoms with Crippen LogP contribution < -0.4 is 24.3 Å². The molecule has 2 amide bonds. The average Bonchev–Trinajstić information content (AvgIpc) is 2.75. The standard InChI is InChI=1S/C20H21NO8/c1-25-14-8-6-5-7-13(14)19(23)21-17(22)11-29-20(24)12-9-15(26-2)18(28-4)16(10-12)27-3/h5-10H,11H2,1-4H3,(H,21,22,23). The summed E-state index contributed by atoms with van der Waals surface area (Å²) >= 11 is 0. The van der Waals surface area contributed by atoms with E-state index >= 15 is 0 Å². The fraction of sp³-hybridized carbons (Fsp3) is 0.250. The molecule has 0 fully saturated rings. The van der Waals surface area contributed by atoms with Gasteiger partial charge < -0.3 is 23.7 Å². The zero-order chi connectivity index (χ0) is 21.4. The number of esters is 1. The Balaban J connectivity index is 2.03. The first-order valence-corrected chi connectivity index (χ1v) is 8.39. The molecule has 0 aliphatic rings. The van der Waals surface area contributed by atoms with Crippen LogP contribution in [0.15, 0.2) is 36.4 Å². The summed E-state index contributed by atoms with van der Waals surface area (Å²) in [6.07, 6.45) is 0. The third kappa shape index (κ3) is 5.16. The van der Waals surface area contributed by atoms with Crippen molar-refractivity contribution in [3.8, 4) is 23.0 Å². The molecule has 9 heteroatoms. The van der Waals surface area contributed by atoms with Gasteiger partial charge in [-0.15, -0.1) is 0 Å². The first-order valence-electron chi connectivity index (χ1n) is 8.39. The predicted octanol–water partition coefficient (Wildman–Crippen LogP) is 1.83. The number of imide groups is 1. The fourth-order valence-corrected chi connectivity index (χ4v) is 2.48. The highest BCUT2D eigenvalue weighted by molar-refractivity contribution is 6.07. The van der Waals surface area contributed by atoms with Crippen molar-refractivity contribution < 1.29 is 38.1 Å². The van der Waals surface area contributed by atoms with E-state index in [-0.39, 0.29) is 22.6 Å². The van der Waals surface area contributed by atoms with Gasteiger partial charge in [0.2, 0.25) is 5.75 Å². The van der Waals surface area contributed by atoms with Crippen LogP contribution in [-0.4, -0.2) is 52.8 Å². The molecule has 1 N–H and O–H groups in total. The second kappa shape index (κ2) is 9.98. The highest BCUT2D eigenvalue weighted by Crippen LogP contribution is 2.38. The van der Waals surface area contributed by atoms with Crippen molar-refractivity contribution in [2.24, 2.45) is 0 Å². The zero-order valence-electron chi connectivity index (χ0n) is 16.4. The molecule has 0 aromatic heterocycles. The number of carbonyl (C=O) groups excluding carboxylic acids is 3. The van der Waals surface area contributed by atoms with Crippen LogP contribution >= 0.6 is 0 Å². The molecule has 0 unspecified atom stereocenters. The molecule has 2 aromatic carbocycles. The second-order valence-electron chi connectivity index (χ2n) is 5.57. The van der Waals surface area contributed by atoms with E-state index in [2.05, 4.69) is 5.32 Å². The van der Waals surface area contributed by atoms with Gasteiger partial charge in [0.25, 0.3) is 11.8 Å². The van der Waals surface area contributed by atoms with Crippen LogP contribution in [0.25, 0.3) is 0 Å². The molecule has 0 heterocycles. The van der Waals surface area contributed by atoms with E-state index in [1.165, 1.54) is 46.6 Å². The van der Waals surface area contributed by atoms with E-state index in [1.807, 2.05) is 0 Å². The van der Waals surface area contributed by atoms with Crippen LogP contribution in [0.1, 0.15) is 20.7 Å². The van der Waals surface area contributed by atoms with E-state index < -0.39 is 24.4 Å². The van der Waals surface area contributed by atoms with Crippen LogP contribution in [0.2, 0.25) is 0 Å². The number of nitrogens with one attached hydrogen (secondary N) is 1. The smallest absolute Gasteiger partial charge is 0.338 e. The van der Waals surface area contributed by atoms with Crippen LogP contribution in [0, 0.1) is 0 Å². The van der Waals surface area contributed by atoms with Crippen molar-refractivity contribution in [1.82, 2.24) is 5.32 Å². The lowest BCUT2D eigenvalue weighted by Crippen LogP contribution is -2.34. The van der Waals surface area contributed by atoms with Crippen molar-refractivity contribution in [2.75, 3.05) is 35.0 Å². The normalized spacial score (nSPS) is 9.93. The lowest BCUT2D eigenvalue weighted by molar-refractivity contribution is -0.123. The van der Waals surface area contributed by atoms with Gasteiger partial charge in [0.1, 0.15) is 5.75 Å². The maximum Gasteiger partial charge on any atom is 0.338 e. The summed E-state index contributed by atoms with van der Waals surface area (Å²) in [6.45, 7) is -0.656. The van der Waals surface area contributed by atoms with Gasteiger partial charge in [0, 0.05) is 0 Å². The van der Waals surface area contributed by atoms with Crippen molar-refractivity contribution in [2.45, 2.75) is 0 Å². The van der Waals surface area contributed by atoms with Crippen molar-refractivity contribution >= 4 is 17.8 Å². The summed E-state index contributed by atoms with van der Waals surface area (Å²) in [7, 11) is 5.65. The Morgan fingerprint density at radius 3 is 1.97 bits per heavy atom. The van der Waals surface area contributed by atoms with Crippen molar-refractivity contribution in [3.63, 3.8) is 0 Å². The van der Waals surface area contributed by atoms with E-state index in [0.717, 1.165) is 0 Å². The van der Waals surface area contributed by atoms with Crippen LogP contribution in [0.5, 0.6) is 23.0 Å². The van der Waals surface area contributed by atoms with Gasteiger partial charge in [-0.2, -0.15) is 0 Å². The highest BCUT2D eigenvalue weighted by Gasteiger charge is 2.20. The quantitative estimate of drug-likeness (QED) is 0.665. The maximum atomic E-state index is 12.3. The Bertz CT molecular complexity index is 884. The number of hydrogen-bond donors (Lipinski definition) is 1. The molecule has 154 valence electrons. The third-order valence-corrected chi connectivity index (χ3v) is 3.84. The maximum absolute atomic E-state index is 12.3. The van der Waals surface area contributed by atoms with Crippen LogP contribution in [0.3, 0.4) is 0 Å². The summed E-state index contributed by atoms with van der Waals surface area (Å²) in [6, 6.07) is 9.19. The molecule has 0 aliphatic carbocycles. The van der Waals surface area contributed by atoms with Gasteiger partial charge in [-0.05, 0) is 24.3 Å². The molecule has 0 spiro atoms. The van der Waals surface area contributed by atoms with Gasteiger partial charge >= 0.3 is 5.97 Å². The SMILES string of the molecule is COc1ccccc1C(=O)NC(=O)COC(=O)c1cc(OC)c(OC)c(OC)c1. The number of hydrogen-bond acceptors (Lipinski definition) is 8. The summed E-state index contributed by atoms with van der Waals surface area (Å²) in [5.74, 6) is -1.12. The number of ether oxygens (including phenoxy) is 5. The Hall–Kier alpha value is -3.75. The minimum atomic E-state index is -0.802. The molecule has 9 nitrogen and oxygen atoms in total. The number of carbonyl (C=O) groups is 3. The predicted molar refractivity (Wildman–Crippen MR) is 102 cm³/mol. The summed E-state index contributed by atoms with van der Waals surface area (Å²) in [5.41, 5.74) is 0.266. The van der Waals surface area contributed by atoms with Gasteiger partial charge in [0.05, 0.1) is 39.6 Å². The Morgan fingerprint density at radius 2 is 1.41 bits per heavy atom. The number of amides is 2. The molecular formula is C20H21NO8. The van der Waals surface area contributed by atoms with E-state index in [1.54, 1.807) is 18.2 Å². The molecule has 0 bridgehead atoms. The van der Waals surface area contributed by atoms with Crippen molar-refractivity contribution in [1.29, 1.82) is 0 Å². The lowest BCUT2D eigenvalue weighted by Gasteiger charge is -2.13. The van der Waals surface area contributed by atoms with E-state index in [9.17, 15) is 14.4 Å². The minimum absolute atomic E-state index is 0.0864. The molecule has 2 aromatic rings. The average molecular weight is 403 g/mol. The number of rotatable bonds is 8. The second-order valence-corrected chi connectivity index (χ2v) is 5.57. The molecule has 0 atom stereocenters. The minimum Gasteiger partial charge on any atom is -0.496 e. The number of para-hydroxylation sites is 1. The molecule has 0 saturated carbocycles. The summed E-state index contributed by atoms with van der Waals surface area (Å²) < 4.78 is 25.6. The zero-order valence-corrected chi connectivity index (χ0v) is 16.4. The molecule has 29 heavy (non-hydrogen) atoms. The van der Waals surface area contributed by atoms with Crippen LogP contribution in [0.4, 0.5) is 0 Å². The Kier molecular flexibility index (Phi) is 7.41. The molecular weight excluding hydrogens is 382 g/mol. The monoisotopic (exact) mass is 403 g/mol. The third-order valence-electron chi connectivity index (χ3n) is 3.84. The summed E-state index contributed by atoms with van der Waals surface area (Å²) in [4.78, 5) is 36.5. The van der Waals surface area contributed by atoms with Gasteiger partial charge in [-0.25, -0.2) is 4.79 Å². The first kappa shape index (κ1) is 21.5. The Labute approximate surface area is 167 Å². The van der Waals surface area contributed by atoms with Gasteiger partial charge in [0.15, 0.2) is 18.1 Å². The largest absolute Gasteiger partial charge is 0.496 e. The van der Waals surface area contributed by atoms with E-state index in [0.29, 0.717) is 11.5 Å². The van der Waals surface area contributed by atoms with E-state index in [4.69, 9.17) is 23.7 Å². The topological polar surface area (TPSA) is 109 Å². The number of methoxy groups -OCH3 is 4. The van der Waals surface area contributed by atoms with Crippen LogP contribution in [-0.2, 0) is 9.53 Å². The molecule has 0 aliphatic heterocycles. The Morgan fingerprint density at radius 1 is 0.828 bits per heavy atom. The summed E-state index contributed by atoms with van der Waals surface area (Å²) in [5, 5.41) is 2.14. The van der Waals surface area contributed by atoms with Gasteiger partial charge in [-0.3, -0.25) is 14.9 Å². The number of benzene rings is 2. The molecule has 0 radical (unpaired) electrons. The molecule has 2 rings (SSSR count). The lowest BCUT2D eigenvalue weighted by atomic mass is 10.2. The van der Waals surface area contributed by atoms with Gasteiger partial charge in [-0.1, -0.05) is 12.1 Å². The fourth-order valence-electron chi connectivity index (χ4n) is 2.48. The first-order chi connectivity index (χ1) is 13.9. The highest BCUT2D eigenvalue weighted by atomic mass is 16.5.